The fraction of sp³-hybridized carbons (Fsp3) is 0.200. The first kappa shape index (κ1) is 10.9. The average molecular weight is 243 g/mol. The molecule has 0 N–H and O–H groups in total. The highest BCUT2D eigenvalue weighted by Gasteiger charge is 2.09. The van der Waals surface area contributed by atoms with Gasteiger partial charge in [-0.15, -0.1) is 0 Å². The quantitative estimate of drug-likeness (QED) is 0.830. The van der Waals surface area contributed by atoms with Crippen LogP contribution in [0.3, 0.4) is 0 Å². The lowest BCUT2D eigenvalue weighted by atomic mass is 10.3. The molecule has 0 saturated heterocycles. The van der Waals surface area contributed by atoms with E-state index in [0.29, 0.717) is 11.7 Å². The van der Waals surface area contributed by atoms with E-state index in [-0.39, 0.29) is 17.4 Å². The standard InChI is InChI=1S/C10H8ClFN2O2/c1-6-13-9(14-16-6)5-15-8-4-2-3-7(11)10(8)12/h2-4H,5H2,1H3. The Morgan fingerprint density at radius 2 is 2.31 bits per heavy atom. The second-order valence-corrected chi connectivity index (χ2v) is 3.48. The lowest BCUT2D eigenvalue weighted by Crippen LogP contribution is -1.99. The molecule has 0 unspecified atom stereocenters. The van der Waals surface area contributed by atoms with Gasteiger partial charge in [0.15, 0.2) is 18.2 Å². The van der Waals surface area contributed by atoms with Crippen molar-refractivity contribution in [3.05, 3.63) is 40.8 Å². The van der Waals surface area contributed by atoms with Crippen LogP contribution in [-0.2, 0) is 6.61 Å². The highest BCUT2D eigenvalue weighted by Crippen LogP contribution is 2.24. The van der Waals surface area contributed by atoms with E-state index in [4.69, 9.17) is 20.9 Å². The Balaban J connectivity index is 2.07. The smallest absolute Gasteiger partial charge is 0.223 e. The summed E-state index contributed by atoms with van der Waals surface area (Å²) < 4.78 is 23.3. The van der Waals surface area contributed by atoms with E-state index in [9.17, 15) is 4.39 Å². The lowest BCUT2D eigenvalue weighted by molar-refractivity contribution is 0.273. The molecule has 0 bridgehead atoms. The zero-order chi connectivity index (χ0) is 11.5. The van der Waals surface area contributed by atoms with Crippen molar-refractivity contribution in [1.29, 1.82) is 0 Å². The van der Waals surface area contributed by atoms with Gasteiger partial charge in [0.2, 0.25) is 11.7 Å². The normalized spacial score (nSPS) is 10.4. The van der Waals surface area contributed by atoms with Crippen LogP contribution in [0.15, 0.2) is 22.7 Å². The van der Waals surface area contributed by atoms with Crippen molar-refractivity contribution in [2.24, 2.45) is 0 Å². The molecule has 0 aliphatic carbocycles. The summed E-state index contributed by atoms with van der Waals surface area (Å²) in [6, 6.07) is 4.53. The van der Waals surface area contributed by atoms with Crippen LogP contribution < -0.4 is 4.74 Å². The molecule has 0 aliphatic rings. The summed E-state index contributed by atoms with van der Waals surface area (Å²) in [7, 11) is 0. The highest BCUT2D eigenvalue weighted by atomic mass is 35.5. The first-order valence-corrected chi connectivity index (χ1v) is 4.90. The molecular formula is C10H8ClFN2O2. The Morgan fingerprint density at radius 1 is 1.50 bits per heavy atom. The van der Waals surface area contributed by atoms with Crippen molar-refractivity contribution < 1.29 is 13.7 Å². The molecule has 6 heteroatoms. The number of aromatic nitrogens is 2. The van der Waals surface area contributed by atoms with Crippen LogP contribution in [-0.4, -0.2) is 10.1 Å². The number of rotatable bonds is 3. The SMILES string of the molecule is Cc1nc(COc2cccc(Cl)c2F)no1. The van der Waals surface area contributed by atoms with E-state index >= 15 is 0 Å². The summed E-state index contributed by atoms with van der Waals surface area (Å²) in [5.41, 5.74) is 0. The van der Waals surface area contributed by atoms with Crippen LogP contribution in [0.2, 0.25) is 5.02 Å². The summed E-state index contributed by atoms with van der Waals surface area (Å²) in [4.78, 5) is 3.92. The molecule has 0 atom stereocenters. The van der Waals surface area contributed by atoms with Crippen LogP contribution in [0.4, 0.5) is 4.39 Å². The van der Waals surface area contributed by atoms with Gasteiger partial charge in [-0.3, -0.25) is 0 Å². The minimum atomic E-state index is -0.593. The maximum absolute atomic E-state index is 13.4. The van der Waals surface area contributed by atoms with E-state index in [1.165, 1.54) is 12.1 Å². The highest BCUT2D eigenvalue weighted by molar-refractivity contribution is 6.30. The summed E-state index contributed by atoms with van der Waals surface area (Å²) in [5.74, 6) is 0.265. The van der Waals surface area contributed by atoms with Crippen LogP contribution in [0.5, 0.6) is 5.75 Å². The van der Waals surface area contributed by atoms with Gasteiger partial charge in [0.25, 0.3) is 0 Å². The van der Waals surface area contributed by atoms with Gasteiger partial charge in [-0.1, -0.05) is 22.8 Å². The van der Waals surface area contributed by atoms with E-state index in [2.05, 4.69) is 10.1 Å². The Kier molecular flexibility index (Phi) is 3.05. The second-order valence-electron chi connectivity index (χ2n) is 3.07. The van der Waals surface area contributed by atoms with E-state index in [0.717, 1.165) is 0 Å². The van der Waals surface area contributed by atoms with Crippen LogP contribution in [0, 0.1) is 12.7 Å². The Morgan fingerprint density at radius 3 is 3.00 bits per heavy atom. The number of halogens is 2. The van der Waals surface area contributed by atoms with Gasteiger partial charge in [0, 0.05) is 6.92 Å². The Hall–Kier alpha value is -1.62. The Bertz CT molecular complexity index is 501. The van der Waals surface area contributed by atoms with Crippen molar-refractivity contribution in [1.82, 2.24) is 10.1 Å². The molecule has 2 aromatic rings. The minimum absolute atomic E-state index is 0.0155. The fourth-order valence-corrected chi connectivity index (χ4v) is 1.30. The fourth-order valence-electron chi connectivity index (χ4n) is 1.14. The summed E-state index contributed by atoms with van der Waals surface area (Å²) in [6.45, 7) is 1.70. The number of ether oxygens (including phenoxy) is 1. The third-order valence-corrected chi connectivity index (χ3v) is 2.13. The number of nitrogens with zero attached hydrogens (tertiary/aromatic N) is 2. The number of aryl methyl sites for hydroxylation is 1. The molecule has 0 radical (unpaired) electrons. The number of hydrogen-bond donors (Lipinski definition) is 0. The number of hydrogen-bond acceptors (Lipinski definition) is 4. The molecule has 16 heavy (non-hydrogen) atoms. The molecular weight excluding hydrogens is 235 g/mol. The molecule has 84 valence electrons. The van der Waals surface area contributed by atoms with Crippen LogP contribution >= 0.6 is 11.6 Å². The maximum Gasteiger partial charge on any atom is 0.223 e. The summed E-state index contributed by atoms with van der Waals surface area (Å²) in [5, 5.41) is 3.63. The van der Waals surface area contributed by atoms with Gasteiger partial charge in [-0.05, 0) is 12.1 Å². The molecule has 0 aliphatic heterocycles. The third kappa shape index (κ3) is 2.30. The molecule has 1 aromatic carbocycles. The van der Waals surface area contributed by atoms with Crippen molar-refractivity contribution in [2.45, 2.75) is 13.5 Å². The first-order chi connectivity index (χ1) is 7.66. The van der Waals surface area contributed by atoms with E-state index < -0.39 is 5.82 Å². The molecule has 0 spiro atoms. The van der Waals surface area contributed by atoms with E-state index in [1.807, 2.05) is 0 Å². The molecule has 1 heterocycles. The van der Waals surface area contributed by atoms with Gasteiger partial charge in [0.1, 0.15) is 0 Å². The Labute approximate surface area is 96.0 Å². The monoisotopic (exact) mass is 242 g/mol. The average Bonchev–Trinajstić information content (AvgIpc) is 2.67. The summed E-state index contributed by atoms with van der Waals surface area (Å²) in [6.07, 6.45) is 0. The predicted octanol–water partition coefficient (Wildman–Crippen LogP) is 2.75. The first-order valence-electron chi connectivity index (χ1n) is 4.53. The molecule has 0 fully saturated rings. The lowest BCUT2D eigenvalue weighted by Gasteiger charge is -2.04. The van der Waals surface area contributed by atoms with Gasteiger partial charge in [-0.25, -0.2) is 4.39 Å². The molecule has 0 saturated carbocycles. The predicted molar refractivity (Wildman–Crippen MR) is 54.8 cm³/mol. The van der Waals surface area contributed by atoms with Gasteiger partial charge in [-0.2, -0.15) is 4.98 Å². The largest absolute Gasteiger partial charge is 0.482 e. The molecule has 2 rings (SSSR count). The van der Waals surface area contributed by atoms with Crippen molar-refractivity contribution in [3.8, 4) is 5.75 Å². The zero-order valence-corrected chi connectivity index (χ0v) is 9.16. The number of benzene rings is 1. The van der Waals surface area contributed by atoms with E-state index in [1.54, 1.807) is 13.0 Å². The second kappa shape index (κ2) is 4.49. The van der Waals surface area contributed by atoms with Gasteiger partial charge < -0.3 is 9.26 Å². The van der Waals surface area contributed by atoms with Crippen LogP contribution in [0.25, 0.3) is 0 Å². The van der Waals surface area contributed by atoms with Crippen LogP contribution in [0.1, 0.15) is 11.7 Å². The van der Waals surface area contributed by atoms with Crippen molar-refractivity contribution >= 4 is 11.6 Å². The van der Waals surface area contributed by atoms with Crippen molar-refractivity contribution in [3.63, 3.8) is 0 Å². The third-order valence-electron chi connectivity index (χ3n) is 1.84. The molecule has 1 aromatic heterocycles. The summed E-state index contributed by atoms with van der Waals surface area (Å²) >= 11 is 5.59. The zero-order valence-electron chi connectivity index (χ0n) is 8.41. The van der Waals surface area contributed by atoms with Crippen molar-refractivity contribution in [2.75, 3.05) is 0 Å². The minimum Gasteiger partial charge on any atom is -0.482 e. The van der Waals surface area contributed by atoms with Gasteiger partial charge >= 0.3 is 0 Å². The molecule has 4 nitrogen and oxygen atoms in total. The van der Waals surface area contributed by atoms with Gasteiger partial charge in [0.05, 0.1) is 5.02 Å². The molecule has 0 amide bonds. The topological polar surface area (TPSA) is 48.2 Å². The maximum atomic E-state index is 13.4.